The lowest BCUT2D eigenvalue weighted by molar-refractivity contribution is 0.296. The molecule has 5 heteroatoms. The van der Waals surface area contributed by atoms with Crippen LogP contribution < -0.4 is 5.32 Å². The first-order valence-corrected chi connectivity index (χ1v) is 10.3. The SMILES string of the molecule is CN(C1CCNCC1)S(=O)(=O)c1ccc(C2CCCCC2)cc1. The van der Waals surface area contributed by atoms with Crippen molar-refractivity contribution < 1.29 is 8.42 Å². The Morgan fingerprint density at radius 3 is 2.17 bits per heavy atom. The van der Waals surface area contributed by atoms with Crippen LogP contribution in [0.3, 0.4) is 0 Å². The largest absolute Gasteiger partial charge is 0.317 e. The lowest BCUT2D eigenvalue weighted by Crippen LogP contribution is -2.43. The Morgan fingerprint density at radius 2 is 1.57 bits per heavy atom. The second-order valence-corrected chi connectivity index (χ2v) is 8.90. The summed E-state index contributed by atoms with van der Waals surface area (Å²) in [5, 5.41) is 3.28. The van der Waals surface area contributed by atoms with E-state index in [0.717, 1.165) is 25.9 Å². The summed E-state index contributed by atoms with van der Waals surface area (Å²) in [6, 6.07) is 7.77. The van der Waals surface area contributed by atoms with E-state index in [0.29, 0.717) is 10.8 Å². The first-order valence-electron chi connectivity index (χ1n) is 8.88. The Balaban J connectivity index is 1.74. The lowest BCUT2D eigenvalue weighted by atomic mass is 9.84. The van der Waals surface area contributed by atoms with Crippen molar-refractivity contribution >= 4 is 10.0 Å². The van der Waals surface area contributed by atoms with Gasteiger partial charge in [-0.3, -0.25) is 0 Å². The number of piperidine rings is 1. The number of hydrogen-bond acceptors (Lipinski definition) is 3. The third-order valence-corrected chi connectivity index (χ3v) is 7.38. The van der Waals surface area contributed by atoms with Crippen LogP contribution in [0.5, 0.6) is 0 Å². The van der Waals surface area contributed by atoms with Crippen molar-refractivity contribution in [3.63, 3.8) is 0 Å². The van der Waals surface area contributed by atoms with Crippen LogP contribution in [-0.2, 0) is 10.0 Å². The van der Waals surface area contributed by atoms with Crippen molar-refractivity contribution in [1.29, 1.82) is 0 Å². The first-order chi connectivity index (χ1) is 11.1. The smallest absolute Gasteiger partial charge is 0.243 e. The molecule has 23 heavy (non-hydrogen) atoms. The summed E-state index contributed by atoms with van der Waals surface area (Å²) in [7, 11) is -1.66. The van der Waals surface area contributed by atoms with E-state index in [4.69, 9.17) is 0 Å². The van der Waals surface area contributed by atoms with Gasteiger partial charge in [-0.2, -0.15) is 4.31 Å². The zero-order valence-corrected chi connectivity index (χ0v) is 14.8. The monoisotopic (exact) mass is 336 g/mol. The standard InChI is InChI=1S/C18H28N2O2S/c1-20(17-11-13-19-14-12-17)23(21,22)18-9-7-16(8-10-18)15-5-3-2-4-6-15/h7-10,15,17,19H,2-6,11-14H2,1H3. The van der Waals surface area contributed by atoms with Crippen LogP contribution in [0.2, 0.25) is 0 Å². The second kappa shape index (κ2) is 7.32. The predicted molar refractivity (Wildman–Crippen MR) is 93.1 cm³/mol. The minimum Gasteiger partial charge on any atom is -0.317 e. The van der Waals surface area contributed by atoms with Crippen LogP contribution in [0.1, 0.15) is 56.4 Å². The normalized spacial score (nSPS) is 21.7. The molecule has 1 saturated carbocycles. The summed E-state index contributed by atoms with van der Waals surface area (Å²) in [6.07, 6.45) is 8.17. The topological polar surface area (TPSA) is 49.4 Å². The molecule has 1 aromatic rings. The van der Waals surface area contributed by atoms with Gasteiger partial charge in [0.25, 0.3) is 0 Å². The van der Waals surface area contributed by atoms with Gasteiger partial charge in [0.1, 0.15) is 0 Å². The summed E-state index contributed by atoms with van der Waals surface area (Å²) in [5.74, 6) is 0.614. The summed E-state index contributed by atoms with van der Waals surface area (Å²) < 4.78 is 27.2. The van der Waals surface area contributed by atoms with E-state index in [-0.39, 0.29) is 6.04 Å². The minimum atomic E-state index is -3.38. The third kappa shape index (κ3) is 3.78. The number of nitrogens with zero attached hydrogens (tertiary/aromatic N) is 1. The summed E-state index contributed by atoms with van der Waals surface area (Å²) >= 11 is 0. The van der Waals surface area contributed by atoms with E-state index >= 15 is 0 Å². The molecule has 0 bridgehead atoms. The Kier molecular flexibility index (Phi) is 5.39. The van der Waals surface area contributed by atoms with Gasteiger partial charge in [-0.1, -0.05) is 31.4 Å². The highest BCUT2D eigenvalue weighted by Crippen LogP contribution is 2.33. The van der Waals surface area contributed by atoms with E-state index in [1.807, 2.05) is 12.1 Å². The number of benzene rings is 1. The summed E-state index contributed by atoms with van der Waals surface area (Å²) in [5.41, 5.74) is 1.30. The molecule has 1 saturated heterocycles. The first kappa shape index (κ1) is 16.9. The average molecular weight is 337 g/mol. The molecule has 1 N–H and O–H groups in total. The van der Waals surface area contributed by atoms with Gasteiger partial charge in [-0.05, 0) is 62.4 Å². The van der Waals surface area contributed by atoms with Crippen LogP contribution in [-0.4, -0.2) is 38.9 Å². The van der Waals surface area contributed by atoms with E-state index in [1.165, 1.54) is 37.7 Å². The highest BCUT2D eigenvalue weighted by molar-refractivity contribution is 7.89. The molecular formula is C18H28N2O2S. The fraction of sp³-hybridized carbons (Fsp3) is 0.667. The molecule has 0 amide bonds. The predicted octanol–water partition coefficient (Wildman–Crippen LogP) is 3.11. The summed E-state index contributed by atoms with van der Waals surface area (Å²) in [4.78, 5) is 0.429. The van der Waals surface area contributed by atoms with Crippen LogP contribution in [0.4, 0.5) is 0 Å². The highest BCUT2D eigenvalue weighted by atomic mass is 32.2. The molecule has 128 valence electrons. The fourth-order valence-electron chi connectivity index (χ4n) is 3.88. The second-order valence-electron chi connectivity index (χ2n) is 6.91. The lowest BCUT2D eigenvalue weighted by Gasteiger charge is -2.31. The van der Waals surface area contributed by atoms with E-state index in [1.54, 1.807) is 23.5 Å². The summed E-state index contributed by atoms with van der Waals surface area (Å²) in [6.45, 7) is 1.79. The Bertz CT molecular complexity index is 600. The maximum Gasteiger partial charge on any atom is 0.243 e. The Labute approximate surface area is 140 Å². The molecule has 3 rings (SSSR count). The van der Waals surface area contributed by atoms with Gasteiger partial charge in [0, 0.05) is 13.1 Å². The van der Waals surface area contributed by atoms with Gasteiger partial charge < -0.3 is 5.32 Å². The molecule has 2 aliphatic rings. The van der Waals surface area contributed by atoms with Gasteiger partial charge in [-0.25, -0.2) is 8.42 Å². The van der Waals surface area contributed by atoms with Gasteiger partial charge >= 0.3 is 0 Å². The molecule has 2 fully saturated rings. The van der Waals surface area contributed by atoms with Gasteiger partial charge in [0.05, 0.1) is 4.90 Å². The molecule has 0 radical (unpaired) electrons. The Hall–Kier alpha value is -0.910. The van der Waals surface area contributed by atoms with Crippen LogP contribution in [0.15, 0.2) is 29.2 Å². The average Bonchev–Trinajstić information content (AvgIpc) is 2.62. The quantitative estimate of drug-likeness (QED) is 0.919. The molecule has 4 nitrogen and oxygen atoms in total. The Morgan fingerprint density at radius 1 is 0.957 bits per heavy atom. The van der Waals surface area contributed by atoms with E-state index < -0.39 is 10.0 Å². The number of rotatable bonds is 4. The van der Waals surface area contributed by atoms with Crippen molar-refractivity contribution in [1.82, 2.24) is 9.62 Å². The van der Waals surface area contributed by atoms with Gasteiger partial charge in [0.15, 0.2) is 0 Å². The van der Waals surface area contributed by atoms with Gasteiger partial charge in [-0.15, -0.1) is 0 Å². The van der Waals surface area contributed by atoms with Crippen molar-refractivity contribution in [2.75, 3.05) is 20.1 Å². The molecule has 1 heterocycles. The maximum absolute atomic E-state index is 12.8. The molecule has 0 aromatic heterocycles. The zero-order valence-electron chi connectivity index (χ0n) is 14.0. The number of nitrogens with one attached hydrogen (secondary N) is 1. The number of hydrogen-bond donors (Lipinski definition) is 1. The molecule has 1 aliphatic heterocycles. The van der Waals surface area contributed by atoms with E-state index in [9.17, 15) is 8.42 Å². The molecule has 0 spiro atoms. The highest BCUT2D eigenvalue weighted by Gasteiger charge is 2.29. The van der Waals surface area contributed by atoms with Crippen LogP contribution in [0.25, 0.3) is 0 Å². The molecular weight excluding hydrogens is 308 g/mol. The zero-order chi connectivity index (χ0) is 16.3. The fourth-order valence-corrected chi connectivity index (χ4v) is 5.30. The molecule has 1 aromatic carbocycles. The minimum absolute atomic E-state index is 0.110. The van der Waals surface area contributed by atoms with Crippen molar-refractivity contribution in [2.24, 2.45) is 0 Å². The van der Waals surface area contributed by atoms with E-state index in [2.05, 4.69) is 5.32 Å². The van der Waals surface area contributed by atoms with Crippen LogP contribution in [0, 0.1) is 0 Å². The molecule has 0 atom stereocenters. The molecule has 0 unspecified atom stereocenters. The van der Waals surface area contributed by atoms with Crippen molar-refractivity contribution in [2.45, 2.75) is 61.8 Å². The number of sulfonamides is 1. The van der Waals surface area contributed by atoms with Gasteiger partial charge in [0.2, 0.25) is 10.0 Å². The maximum atomic E-state index is 12.8. The van der Waals surface area contributed by atoms with Crippen LogP contribution >= 0.6 is 0 Å². The third-order valence-electron chi connectivity index (χ3n) is 5.46. The van der Waals surface area contributed by atoms with Crippen molar-refractivity contribution in [3.8, 4) is 0 Å². The van der Waals surface area contributed by atoms with Crippen molar-refractivity contribution in [3.05, 3.63) is 29.8 Å². The molecule has 1 aliphatic carbocycles.